The van der Waals surface area contributed by atoms with Gasteiger partial charge in [0.1, 0.15) is 5.82 Å². The molecular weight excluding hydrogens is 282 g/mol. The highest BCUT2D eigenvalue weighted by atomic mass is 35.5. The zero-order valence-corrected chi connectivity index (χ0v) is 14.5. The minimum atomic E-state index is 0.532. The van der Waals surface area contributed by atoms with Gasteiger partial charge in [-0.25, -0.2) is 4.98 Å². The zero-order chi connectivity index (χ0) is 15.4. The molecule has 0 radical (unpaired) electrons. The van der Waals surface area contributed by atoms with Crippen LogP contribution in [-0.4, -0.2) is 23.6 Å². The standard InChI is InChI=1S/C17H28ClN3/c1-5-15-7-6-13(4)21(15)17-16(18)8-14(11-20-17)10-19-9-12(2)3/h8,11-13,15,19H,5-7,9-10H2,1-4H3. The van der Waals surface area contributed by atoms with Crippen molar-refractivity contribution in [3.05, 3.63) is 22.8 Å². The van der Waals surface area contributed by atoms with Crippen molar-refractivity contribution in [1.29, 1.82) is 0 Å². The summed E-state index contributed by atoms with van der Waals surface area (Å²) in [5.74, 6) is 1.62. The summed E-state index contributed by atoms with van der Waals surface area (Å²) in [5, 5.41) is 4.22. The summed E-state index contributed by atoms with van der Waals surface area (Å²) in [6, 6.07) is 3.18. The fourth-order valence-electron chi connectivity index (χ4n) is 3.12. The van der Waals surface area contributed by atoms with Crippen molar-refractivity contribution < 1.29 is 0 Å². The lowest BCUT2D eigenvalue weighted by molar-refractivity contribution is 0.551. The molecule has 0 aliphatic carbocycles. The van der Waals surface area contributed by atoms with Crippen LogP contribution in [0.15, 0.2) is 12.3 Å². The van der Waals surface area contributed by atoms with Crippen LogP contribution in [0, 0.1) is 5.92 Å². The first-order valence-corrected chi connectivity index (χ1v) is 8.54. The highest BCUT2D eigenvalue weighted by Gasteiger charge is 2.31. The summed E-state index contributed by atoms with van der Waals surface area (Å²) in [5.41, 5.74) is 1.16. The van der Waals surface area contributed by atoms with Crippen LogP contribution in [-0.2, 0) is 6.54 Å². The first kappa shape index (κ1) is 16.6. The van der Waals surface area contributed by atoms with Crippen molar-refractivity contribution in [2.45, 2.75) is 65.6 Å². The van der Waals surface area contributed by atoms with Crippen LogP contribution in [0.3, 0.4) is 0 Å². The largest absolute Gasteiger partial charge is 0.350 e. The van der Waals surface area contributed by atoms with Crippen molar-refractivity contribution in [1.82, 2.24) is 10.3 Å². The lowest BCUT2D eigenvalue weighted by atomic mass is 10.1. The van der Waals surface area contributed by atoms with Crippen molar-refractivity contribution in [3.8, 4) is 0 Å². The van der Waals surface area contributed by atoms with E-state index in [9.17, 15) is 0 Å². The van der Waals surface area contributed by atoms with E-state index in [-0.39, 0.29) is 0 Å². The third kappa shape index (κ3) is 4.10. The molecule has 3 nitrogen and oxygen atoms in total. The van der Waals surface area contributed by atoms with Gasteiger partial charge >= 0.3 is 0 Å². The summed E-state index contributed by atoms with van der Waals surface area (Å²) in [4.78, 5) is 7.07. The number of hydrogen-bond donors (Lipinski definition) is 1. The molecule has 2 unspecified atom stereocenters. The zero-order valence-electron chi connectivity index (χ0n) is 13.7. The Kier molecular flexibility index (Phi) is 5.88. The lowest BCUT2D eigenvalue weighted by Crippen LogP contribution is -2.35. The number of anilines is 1. The van der Waals surface area contributed by atoms with Crippen molar-refractivity contribution in [3.63, 3.8) is 0 Å². The summed E-state index contributed by atoms with van der Waals surface area (Å²) in [6.07, 6.45) is 5.59. The number of pyridine rings is 1. The Morgan fingerprint density at radius 2 is 2.19 bits per heavy atom. The molecule has 1 N–H and O–H groups in total. The second-order valence-corrected chi connectivity index (χ2v) is 6.98. The van der Waals surface area contributed by atoms with E-state index in [1.54, 1.807) is 0 Å². The van der Waals surface area contributed by atoms with E-state index in [1.165, 1.54) is 12.8 Å². The molecule has 1 fully saturated rings. The van der Waals surface area contributed by atoms with Crippen LogP contribution < -0.4 is 10.2 Å². The third-order valence-corrected chi connectivity index (χ3v) is 4.54. The first-order valence-electron chi connectivity index (χ1n) is 8.16. The van der Waals surface area contributed by atoms with Crippen LogP contribution in [0.5, 0.6) is 0 Å². The second-order valence-electron chi connectivity index (χ2n) is 6.57. The molecule has 1 aliphatic rings. The van der Waals surface area contributed by atoms with E-state index < -0.39 is 0 Å². The number of nitrogens with one attached hydrogen (secondary N) is 1. The number of aromatic nitrogens is 1. The molecule has 0 spiro atoms. The highest BCUT2D eigenvalue weighted by molar-refractivity contribution is 6.33. The van der Waals surface area contributed by atoms with E-state index in [0.717, 1.165) is 35.9 Å². The maximum absolute atomic E-state index is 6.51. The fraction of sp³-hybridized carbons (Fsp3) is 0.706. The third-order valence-electron chi connectivity index (χ3n) is 4.26. The number of hydrogen-bond acceptors (Lipinski definition) is 3. The quantitative estimate of drug-likeness (QED) is 0.851. The number of rotatable bonds is 6. The molecule has 1 aliphatic heterocycles. The molecule has 1 aromatic rings. The van der Waals surface area contributed by atoms with Crippen molar-refractivity contribution >= 4 is 17.4 Å². The van der Waals surface area contributed by atoms with Gasteiger partial charge in [-0.15, -0.1) is 0 Å². The van der Waals surface area contributed by atoms with E-state index in [1.807, 2.05) is 6.20 Å². The Morgan fingerprint density at radius 1 is 1.43 bits per heavy atom. The van der Waals surface area contributed by atoms with Gasteiger partial charge in [-0.2, -0.15) is 0 Å². The molecule has 0 aromatic carbocycles. The summed E-state index contributed by atoms with van der Waals surface area (Å²) < 4.78 is 0. The maximum Gasteiger partial charge on any atom is 0.147 e. The molecule has 21 heavy (non-hydrogen) atoms. The van der Waals surface area contributed by atoms with Crippen molar-refractivity contribution in [2.24, 2.45) is 5.92 Å². The molecule has 2 atom stereocenters. The average Bonchev–Trinajstić information content (AvgIpc) is 2.80. The van der Waals surface area contributed by atoms with Gasteiger partial charge in [0.25, 0.3) is 0 Å². The molecule has 2 rings (SSSR count). The predicted molar refractivity (Wildman–Crippen MR) is 91.0 cm³/mol. The molecule has 0 amide bonds. The van der Waals surface area contributed by atoms with E-state index in [0.29, 0.717) is 18.0 Å². The summed E-state index contributed by atoms with van der Waals surface area (Å²) in [6.45, 7) is 10.8. The Hall–Kier alpha value is -0.800. The Labute approximate surface area is 134 Å². The van der Waals surface area contributed by atoms with Gasteiger partial charge in [0.2, 0.25) is 0 Å². The molecule has 1 aromatic heterocycles. The van der Waals surface area contributed by atoms with E-state index in [2.05, 4.69) is 49.0 Å². The summed E-state index contributed by atoms with van der Waals surface area (Å²) >= 11 is 6.51. The highest BCUT2D eigenvalue weighted by Crippen LogP contribution is 2.35. The van der Waals surface area contributed by atoms with Gasteiger partial charge in [-0.05, 0) is 50.3 Å². The molecule has 4 heteroatoms. The Morgan fingerprint density at radius 3 is 2.81 bits per heavy atom. The van der Waals surface area contributed by atoms with Gasteiger partial charge in [-0.1, -0.05) is 32.4 Å². The van der Waals surface area contributed by atoms with Crippen LogP contribution in [0.25, 0.3) is 0 Å². The second kappa shape index (κ2) is 7.46. The van der Waals surface area contributed by atoms with Gasteiger partial charge in [0, 0.05) is 24.8 Å². The van der Waals surface area contributed by atoms with Crippen LogP contribution in [0.4, 0.5) is 5.82 Å². The molecule has 0 bridgehead atoms. The minimum absolute atomic E-state index is 0.532. The Balaban J connectivity index is 2.08. The van der Waals surface area contributed by atoms with Gasteiger partial charge < -0.3 is 10.2 Å². The van der Waals surface area contributed by atoms with Gasteiger partial charge in [0.15, 0.2) is 0 Å². The van der Waals surface area contributed by atoms with Crippen LogP contribution in [0.2, 0.25) is 5.02 Å². The van der Waals surface area contributed by atoms with Gasteiger partial charge in [0.05, 0.1) is 5.02 Å². The van der Waals surface area contributed by atoms with E-state index >= 15 is 0 Å². The molecule has 1 saturated heterocycles. The van der Waals surface area contributed by atoms with E-state index in [4.69, 9.17) is 11.6 Å². The first-order chi connectivity index (χ1) is 10.0. The van der Waals surface area contributed by atoms with Crippen LogP contribution in [0.1, 0.15) is 52.5 Å². The lowest BCUT2D eigenvalue weighted by Gasteiger charge is -2.30. The van der Waals surface area contributed by atoms with Crippen LogP contribution >= 0.6 is 11.6 Å². The smallest absolute Gasteiger partial charge is 0.147 e. The topological polar surface area (TPSA) is 28.2 Å². The SMILES string of the molecule is CCC1CCC(C)N1c1ncc(CNCC(C)C)cc1Cl. The molecule has 2 heterocycles. The van der Waals surface area contributed by atoms with Gasteiger partial charge in [-0.3, -0.25) is 0 Å². The normalized spacial score (nSPS) is 22.3. The van der Waals surface area contributed by atoms with Crippen molar-refractivity contribution in [2.75, 3.05) is 11.4 Å². The summed E-state index contributed by atoms with van der Waals surface area (Å²) in [7, 11) is 0. The minimum Gasteiger partial charge on any atom is -0.350 e. The maximum atomic E-state index is 6.51. The molecule has 118 valence electrons. The Bertz CT molecular complexity index is 461. The number of halogens is 1. The molecular formula is C17H28ClN3. The number of nitrogens with zero attached hydrogens (tertiary/aromatic N) is 2. The monoisotopic (exact) mass is 309 g/mol. The average molecular weight is 310 g/mol. The molecule has 0 saturated carbocycles. The predicted octanol–water partition coefficient (Wildman–Crippen LogP) is 4.25. The fourth-order valence-corrected chi connectivity index (χ4v) is 3.40.